The maximum absolute atomic E-state index is 5.53. The number of benzene rings is 1. The monoisotopic (exact) mass is 275 g/mol. The van der Waals surface area contributed by atoms with Gasteiger partial charge in [0, 0.05) is 13.2 Å². The van der Waals surface area contributed by atoms with Crippen LogP contribution in [-0.2, 0) is 9.47 Å². The van der Waals surface area contributed by atoms with E-state index in [-0.39, 0.29) is 0 Å². The summed E-state index contributed by atoms with van der Waals surface area (Å²) in [7, 11) is 0. The van der Waals surface area contributed by atoms with Gasteiger partial charge in [-0.2, -0.15) is 0 Å². The molecule has 1 aromatic carbocycles. The smallest absolute Gasteiger partial charge is 0.204 e. The van der Waals surface area contributed by atoms with E-state index in [0.717, 1.165) is 5.69 Å². The summed E-state index contributed by atoms with van der Waals surface area (Å²) >= 11 is 0. The fraction of sp³-hybridized carbons (Fsp3) is 0.467. The Hall–Kier alpha value is -1.72. The van der Waals surface area contributed by atoms with Crippen molar-refractivity contribution >= 4 is 0 Å². The molecule has 0 saturated heterocycles. The van der Waals surface area contributed by atoms with Crippen LogP contribution in [0.25, 0.3) is 5.69 Å². The maximum Gasteiger partial charge on any atom is 0.204 e. The summed E-state index contributed by atoms with van der Waals surface area (Å²) < 4.78 is 12.8. The first-order valence-corrected chi connectivity index (χ1v) is 6.89. The van der Waals surface area contributed by atoms with Crippen molar-refractivity contribution in [1.82, 2.24) is 15.0 Å². The molecule has 2 rings (SSSR count). The van der Waals surface area contributed by atoms with Crippen LogP contribution in [0.15, 0.2) is 24.4 Å². The summed E-state index contributed by atoms with van der Waals surface area (Å²) in [5.74, 6) is 0. The maximum atomic E-state index is 5.53. The van der Waals surface area contributed by atoms with Gasteiger partial charge >= 0.3 is 0 Å². The lowest BCUT2D eigenvalue weighted by Crippen LogP contribution is -2.09. The fourth-order valence-corrected chi connectivity index (χ4v) is 2.01. The largest absolute Gasteiger partial charge is 0.347 e. The van der Waals surface area contributed by atoms with E-state index in [1.165, 1.54) is 11.1 Å². The molecule has 0 amide bonds. The number of hydrogen-bond donors (Lipinski definition) is 0. The zero-order valence-electron chi connectivity index (χ0n) is 12.5. The molecule has 0 spiro atoms. The van der Waals surface area contributed by atoms with Crippen molar-refractivity contribution in [3.63, 3.8) is 0 Å². The fourth-order valence-electron chi connectivity index (χ4n) is 2.01. The van der Waals surface area contributed by atoms with E-state index in [9.17, 15) is 0 Å². The van der Waals surface area contributed by atoms with Crippen LogP contribution >= 0.6 is 0 Å². The quantitative estimate of drug-likeness (QED) is 0.760. The number of aromatic nitrogens is 3. The minimum Gasteiger partial charge on any atom is -0.347 e. The second-order valence-electron chi connectivity index (χ2n) is 4.55. The Labute approximate surface area is 119 Å². The molecule has 0 aliphatic heterocycles. The third-order valence-corrected chi connectivity index (χ3v) is 3.21. The van der Waals surface area contributed by atoms with Gasteiger partial charge < -0.3 is 9.47 Å². The molecular formula is C15H21N3O2. The summed E-state index contributed by atoms with van der Waals surface area (Å²) in [6, 6.07) is 6.12. The summed E-state index contributed by atoms with van der Waals surface area (Å²) in [5, 5.41) is 8.34. The first-order chi connectivity index (χ1) is 9.67. The van der Waals surface area contributed by atoms with Gasteiger partial charge in [-0.05, 0) is 44.9 Å². The molecule has 1 heterocycles. The third kappa shape index (κ3) is 3.05. The van der Waals surface area contributed by atoms with Gasteiger partial charge in [-0.3, -0.25) is 0 Å². The summed E-state index contributed by atoms with van der Waals surface area (Å²) in [6.45, 7) is 9.17. The van der Waals surface area contributed by atoms with E-state index in [2.05, 4.69) is 30.2 Å². The SMILES string of the molecule is CCOC(OCC)c1cn(-c2cccc(C)c2C)nn1. The molecule has 0 N–H and O–H groups in total. The summed E-state index contributed by atoms with van der Waals surface area (Å²) in [5.41, 5.74) is 4.13. The molecule has 20 heavy (non-hydrogen) atoms. The van der Waals surface area contributed by atoms with Crippen LogP contribution in [0.3, 0.4) is 0 Å². The summed E-state index contributed by atoms with van der Waals surface area (Å²) in [4.78, 5) is 0. The van der Waals surface area contributed by atoms with Gasteiger partial charge in [-0.1, -0.05) is 17.3 Å². The molecule has 0 unspecified atom stereocenters. The average Bonchev–Trinajstić information content (AvgIpc) is 2.91. The second-order valence-corrected chi connectivity index (χ2v) is 4.55. The van der Waals surface area contributed by atoms with Gasteiger partial charge in [0.1, 0.15) is 5.69 Å². The van der Waals surface area contributed by atoms with Crippen molar-refractivity contribution in [2.45, 2.75) is 34.0 Å². The van der Waals surface area contributed by atoms with Crippen molar-refractivity contribution < 1.29 is 9.47 Å². The van der Waals surface area contributed by atoms with E-state index in [1.807, 2.05) is 32.2 Å². The number of aryl methyl sites for hydroxylation is 1. The van der Waals surface area contributed by atoms with Gasteiger partial charge in [0.2, 0.25) is 6.29 Å². The molecule has 2 aromatic rings. The molecule has 5 heteroatoms. The highest BCUT2D eigenvalue weighted by Crippen LogP contribution is 2.20. The van der Waals surface area contributed by atoms with Crippen LogP contribution in [0.5, 0.6) is 0 Å². The standard InChI is InChI=1S/C15H21N3O2/c1-5-19-15(20-6-2)13-10-18(17-16-13)14-9-7-8-11(3)12(14)4/h7-10,15H,5-6H2,1-4H3. The second kappa shape index (κ2) is 6.63. The predicted octanol–water partition coefficient (Wildman–Crippen LogP) is 2.96. The van der Waals surface area contributed by atoms with Crippen molar-refractivity contribution in [2.75, 3.05) is 13.2 Å². The Bertz CT molecular complexity index is 560. The molecule has 5 nitrogen and oxygen atoms in total. The zero-order valence-corrected chi connectivity index (χ0v) is 12.5. The highest BCUT2D eigenvalue weighted by molar-refractivity contribution is 5.43. The van der Waals surface area contributed by atoms with E-state index < -0.39 is 6.29 Å². The van der Waals surface area contributed by atoms with Gasteiger partial charge in [-0.15, -0.1) is 5.10 Å². The molecular weight excluding hydrogens is 254 g/mol. The van der Waals surface area contributed by atoms with Gasteiger partial charge in [0.15, 0.2) is 0 Å². The lowest BCUT2D eigenvalue weighted by molar-refractivity contribution is -0.142. The van der Waals surface area contributed by atoms with E-state index >= 15 is 0 Å². The van der Waals surface area contributed by atoms with Gasteiger partial charge in [0.25, 0.3) is 0 Å². The first kappa shape index (κ1) is 14.7. The van der Waals surface area contributed by atoms with Crippen LogP contribution in [0, 0.1) is 13.8 Å². The number of ether oxygens (including phenoxy) is 2. The minimum atomic E-state index is -0.455. The Morgan fingerprint density at radius 3 is 2.50 bits per heavy atom. The first-order valence-electron chi connectivity index (χ1n) is 6.89. The highest BCUT2D eigenvalue weighted by Gasteiger charge is 2.16. The van der Waals surface area contributed by atoms with Crippen LogP contribution in [0.2, 0.25) is 0 Å². The molecule has 0 aliphatic carbocycles. The van der Waals surface area contributed by atoms with E-state index in [4.69, 9.17) is 9.47 Å². The van der Waals surface area contributed by atoms with Gasteiger partial charge in [-0.25, -0.2) is 4.68 Å². The third-order valence-electron chi connectivity index (χ3n) is 3.21. The predicted molar refractivity (Wildman–Crippen MR) is 76.8 cm³/mol. The van der Waals surface area contributed by atoms with Crippen LogP contribution < -0.4 is 0 Å². The molecule has 0 radical (unpaired) electrons. The number of rotatable bonds is 6. The van der Waals surface area contributed by atoms with Gasteiger partial charge in [0.05, 0.1) is 11.9 Å². The van der Waals surface area contributed by atoms with Crippen molar-refractivity contribution in [3.8, 4) is 5.69 Å². The number of nitrogens with zero attached hydrogens (tertiary/aromatic N) is 3. The van der Waals surface area contributed by atoms with Crippen molar-refractivity contribution in [3.05, 3.63) is 41.2 Å². The Morgan fingerprint density at radius 1 is 1.15 bits per heavy atom. The average molecular weight is 275 g/mol. The molecule has 1 aromatic heterocycles. The van der Waals surface area contributed by atoms with Crippen molar-refractivity contribution in [2.24, 2.45) is 0 Å². The molecule has 108 valence electrons. The van der Waals surface area contributed by atoms with E-state index in [0.29, 0.717) is 18.9 Å². The van der Waals surface area contributed by atoms with Crippen molar-refractivity contribution in [1.29, 1.82) is 0 Å². The molecule has 0 saturated carbocycles. The van der Waals surface area contributed by atoms with Crippen LogP contribution in [0.4, 0.5) is 0 Å². The molecule has 0 bridgehead atoms. The minimum absolute atomic E-state index is 0.455. The highest BCUT2D eigenvalue weighted by atomic mass is 16.7. The van der Waals surface area contributed by atoms with Crippen LogP contribution in [-0.4, -0.2) is 28.2 Å². The normalized spacial score (nSPS) is 11.2. The lowest BCUT2D eigenvalue weighted by Gasteiger charge is -2.13. The lowest BCUT2D eigenvalue weighted by atomic mass is 10.1. The van der Waals surface area contributed by atoms with E-state index in [1.54, 1.807) is 4.68 Å². The Balaban J connectivity index is 2.30. The number of hydrogen-bond acceptors (Lipinski definition) is 4. The summed E-state index contributed by atoms with van der Waals surface area (Å²) in [6.07, 6.45) is 1.40. The Kier molecular flexibility index (Phi) is 4.87. The molecule has 0 fully saturated rings. The molecule has 0 atom stereocenters. The zero-order chi connectivity index (χ0) is 14.5. The Morgan fingerprint density at radius 2 is 1.85 bits per heavy atom. The van der Waals surface area contributed by atoms with Crippen LogP contribution in [0.1, 0.15) is 37.0 Å². The topological polar surface area (TPSA) is 49.2 Å². The molecule has 0 aliphatic rings.